The van der Waals surface area contributed by atoms with E-state index in [2.05, 4.69) is 12.2 Å². The highest BCUT2D eigenvalue weighted by atomic mass is 16.2. The first-order valence-corrected chi connectivity index (χ1v) is 6.94. The summed E-state index contributed by atoms with van der Waals surface area (Å²) in [5, 5.41) is 3.52. The van der Waals surface area contributed by atoms with Crippen LogP contribution in [-0.4, -0.2) is 38.0 Å². The van der Waals surface area contributed by atoms with E-state index in [9.17, 15) is 4.79 Å². The van der Waals surface area contributed by atoms with Gasteiger partial charge in [0.25, 0.3) is 0 Å². The van der Waals surface area contributed by atoms with Crippen LogP contribution in [0.3, 0.4) is 0 Å². The van der Waals surface area contributed by atoms with Gasteiger partial charge in [0.15, 0.2) is 0 Å². The minimum absolute atomic E-state index is 0.232. The summed E-state index contributed by atoms with van der Waals surface area (Å²) in [6.45, 7) is 4.47. The fourth-order valence-electron chi connectivity index (χ4n) is 2.56. The Kier molecular flexibility index (Phi) is 5.96. The molecule has 1 rings (SSSR count). The molecule has 0 aliphatic heterocycles. The Bertz CT molecular complexity index is 232. The lowest BCUT2D eigenvalue weighted by molar-refractivity contribution is -0.128. The zero-order valence-corrected chi connectivity index (χ0v) is 11.7. The molecule has 3 heteroatoms. The van der Waals surface area contributed by atoms with Gasteiger partial charge in [-0.3, -0.25) is 4.79 Å². The fraction of sp³-hybridized carbons (Fsp3) is 0.929. The monoisotopic (exact) mass is 240 g/mol. The highest BCUT2D eigenvalue weighted by Crippen LogP contribution is 2.34. The maximum Gasteiger partial charge on any atom is 0.222 e. The smallest absolute Gasteiger partial charge is 0.222 e. The lowest BCUT2D eigenvalue weighted by atomic mass is 9.76. The Morgan fingerprint density at radius 3 is 2.47 bits per heavy atom. The molecule has 0 aromatic carbocycles. The predicted octanol–water partition coefficient (Wildman–Crippen LogP) is 2.41. The number of hydrogen-bond acceptors (Lipinski definition) is 2. The summed E-state index contributed by atoms with van der Waals surface area (Å²) in [6, 6.07) is 0. The van der Waals surface area contributed by atoms with Crippen molar-refractivity contribution >= 4 is 5.91 Å². The second kappa shape index (κ2) is 7.00. The summed E-state index contributed by atoms with van der Waals surface area (Å²) in [5.74, 6) is 0.232. The van der Waals surface area contributed by atoms with Crippen molar-refractivity contribution in [2.24, 2.45) is 5.41 Å². The summed E-state index contributed by atoms with van der Waals surface area (Å²) in [6.07, 6.45) is 8.51. The van der Waals surface area contributed by atoms with E-state index in [1.54, 1.807) is 4.90 Å². The van der Waals surface area contributed by atoms with E-state index in [0.29, 0.717) is 11.8 Å². The quantitative estimate of drug-likeness (QED) is 0.723. The highest BCUT2D eigenvalue weighted by molar-refractivity contribution is 5.75. The van der Waals surface area contributed by atoms with Crippen molar-refractivity contribution in [2.75, 3.05) is 27.2 Å². The van der Waals surface area contributed by atoms with Gasteiger partial charge in [-0.25, -0.2) is 0 Å². The van der Waals surface area contributed by atoms with Crippen LogP contribution in [0.4, 0.5) is 0 Å². The minimum atomic E-state index is 0.232. The Hall–Kier alpha value is -0.570. The molecule has 1 aliphatic rings. The van der Waals surface area contributed by atoms with Gasteiger partial charge in [0.2, 0.25) is 5.91 Å². The van der Waals surface area contributed by atoms with Gasteiger partial charge in [-0.05, 0) is 31.2 Å². The second-order valence-electron chi connectivity index (χ2n) is 5.94. The molecule has 3 nitrogen and oxygen atoms in total. The minimum Gasteiger partial charge on any atom is -0.349 e. The molecule has 1 N–H and O–H groups in total. The number of carbonyl (C=O) groups is 1. The number of carbonyl (C=O) groups excluding carboxylic acids is 1. The SMILES string of the molecule is CN(C)C(=O)CCCNCC1(C)CCCCC1. The van der Waals surface area contributed by atoms with E-state index in [0.717, 1.165) is 19.5 Å². The largest absolute Gasteiger partial charge is 0.349 e. The molecule has 1 aliphatic carbocycles. The third kappa shape index (κ3) is 5.53. The normalized spacial score (nSPS) is 19.0. The number of nitrogens with one attached hydrogen (secondary N) is 1. The molecule has 0 unspecified atom stereocenters. The zero-order chi connectivity index (χ0) is 12.7. The molecule has 1 amide bonds. The fourth-order valence-corrected chi connectivity index (χ4v) is 2.56. The highest BCUT2D eigenvalue weighted by Gasteiger charge is 2.25. The van der Waals surface area contributed by atoms with Gasteiger partial charge < -0.3 is 10.2 Å². The van der Waals surface area contributed by atoms with Crippen LogP contribution >= 0.6 is 0 Å². The van der Waals surface area contributed by atoms with E-state index in [4.69, 9.17) is 0 Å². The van der Waals surface area contributed by atoms with Gasteiger partial charge in [-0.15, -0.1) is 0 Å². The molecule has 17 heavy (non-hydrogen) atoms. The third-order valence-corrected chi connectivity index (χ3v) is 3.86. The van der Waals surface area contributed by atoms with E-state index in [1.165, 1.54) is 32.1 Å². The van der Waals surface area contributed by atoms with Crippen LogP contribution in [0.15, 0.2) is 0 Å². The van der Waals surface area contributed by atoms with Crippen LogP contribution in [-0.2, 0) is 4.79 Å². The van der Waals surface area contributed by atoms with Gasteiger partial charge in [0, 0.05) is 27.1 Å². The average Bonchev–Trinajstić information content (AvgIpc) is 2.29. The van der Waals surface area contributed by atoms with E-state index in [1.807, 2.05) is 14.1 Å². The standard InChI is InChI=1S/C14H28N2O/c1-14(9-5-4-6-10-14)12-15-11-7-8-13(17)16(2)3/h15H,4-12H2,1-3H3. The van der Waals surface area contributed by atoms with Crippen LogP contribution in [0.1, 0.15) is 51.9 Å². The van der Waals surface area contributed by atoms with E-state index < -0.39 is 0 Å². The van der Waals surface area contributed by atoms with Gasteiger partial charge in [-0.2, -0.15) is 0 Å². The van der Waals surface area contributed by atoms with Crippen molar-refractivity contribution in [3.05, 3.63) is 0 Å². The van der Waals surface area contributed by atoms with Crippen molar-refractivity contribution in [1.82, 2.24) is 10.2 Å². The molecule has 0 heterocycles. The molecular formula is C14H28N2O. The second-order valence-corrected chi connectivity index (χ2v) is 5.94. The lowest BCUT2D eigenvalue weighted by Gasteiger charge is -2.33. The van der Waals surface area contributed by atoms with E-state index >= 15 is 0 Å². The molecular weight excluding hydrogens is 212 g/mol. The summed E-state index contributed by atoms with van der Waals surface area (Å²) >= 11 is 0. The van der Waals surface area contributed by atoms with Crippen LogP contribution in [0.2, 0.25) is 0 Å². The maximum absolute atomic E-state index is 11.4. The van der Waals surface area contributed by atoms with Crippen molar-refractivity contribution in [3.8, 4) is 0 Å². The Morgan fingerprint density at radius 1 is 1.24 bits per heavy atom. The van der Waals surface area contributed by atoms with Gasteiger partial charge in [0.05, 0.1) is 0 Å². The first kappa shape index (κ1) is 14.5. The summed E-state index contributed by atoms with van der Waals surface area (Å²) in [4.78, 5) is 13.0. The summed E-state index contributed by atoms with van der Waals surface area (Å²) in [5.41, 5.74) is 0.504. The van der Waals surface area contributed by atoms with Crippen LogP contribution < -0.4 is 5.32 Å². The van der Waals surface area contributed by atoms with E-state index in [-0.39, 0.29) is 5.91 Å². The first-order chi connectivity index (χ1) is 8.03. The molecule has 0 bridgehead atoms. The number of rotatable bonds is 6. The molecule has 1 fully saturated rings. The van der Waals surface area contributed by atoms with Crippen molar-refractivity contribution in [2.45, 2.75) is 51.9 Å². The molecule has 0 aromatic heterocycles. The van der Waals surface area contributed by atoms with Gasteiger partial charge in [0.1, 0.15) is 0 Å². The Morgan fingerprint density at radius 2 is 1.88 bits per heavy atom. The van der Waals surface area contributed by atoms with Gasteiger partial charge >= 0.3 is 0 Å². The molecule has 0 spiro atoms. The van der Waals surface area contributed by atoms with Crippen LogP contribution in [0.25, 0.3) is 0 Å². The molecule has 0 atom stereocenters. The lowest BCUT2D eigenvalue weighted by Crippen LogP contribution is -2.34. The summed E-state index contributed by atoms with van der Waals surface area (Å²) in [7, 11) is 3.64. The maximum atomic E-state index is 11.4. The third-order valence-electron chi connectivity index (χ3n) is 3.86. The topological polar surface area (TPSA) is 32.3 Å². The molecule has 100 valence electrons. The summed E-state index contributed by atoms with van der Waals surface area (Å²) < 4.78 is 0. The van der Waals surface area contributed by atoms with Crippen molar-refractivity contribution < 1.29 is 4.79 Å². The average molecular weight is 240 g/mol. The first-order valence-electron chi connectivity index (χ1n) is 6.94. The van der Waals surface area contributed by atoms with Crippen LogP contribution in [0, 0.1) is 5.41 Å². The Labute approximate surface area is 106 Å². The zero-order valence-electron chi connectivity index (χ0n) is 11.7. The van der Waals surface area contributed by atoms with Crippen molar-refractivity contribution in [3.63, 3.8) is 0 Å². The molecule has 0 saturated heterocycles. The van der Waals surface area contributed by atoms with Gasteiger partial charge in [-0.1, -0.05) is 26.2 Å². The molecule has 0 aromatic rings. The number of amides is 1. The van der Waals surface area contributed by atoms with Crippen molar-refractivity contribution in [1.29, 1.82) is 0 Å². The predicted molar refractivity (Wildman–Crippen MR) is 72.0 cm³/mol. The number of hydrogen-bond donors (Lipinski definition) is 1. The number of nitrogens with zero attached hydrogens (tertiary/aromatic N) is 1. The molecule has 1 saturated carbocycles. The van der Waals surface area contributed by atoms with Crippen LogP contribution in [0.5, 0.6) is 0 Å². The Balaban J connectivity index is 2.05. The molecule has 0 radical (unpaired) electrons.